The van der Waals surface area contributed by atoms with Gasteiger partial charge in [0.1, 0.15) is 0 Å². The Kier molecular flexibility index (Phi) is 2.60. The van der Waals surface area contributed by atoms with E-state index in [1.54, 1.807) is 12.1 Å². The molecule has 1 aromatic carbocycles. The fourth-order valence-electron chi connectivity index (χ4n) is 1.64. The molecule has 0 spiro atoms. The van der Waals surface area contributed by atoms with Gasteiger partial charge in [0, 0.05) is 17.1 Å². The van der Waals surface area contributed by atoms with Crippen LogP contribution >= 0.6 is 0 Å². The van der Waals surface area contributed by atoms with E-state index in [0.29, 0.717) is 10.9 Å². The maximum Gasteiger partial charge on any atom is 0.335 e. The highest BCUT2D eigenvalue weighted by Gasteiger charge is 2.09. The van der Waals surface area contributed by atoms with Crippen LogP contribution in [0, 0.1) is 0 Å². The fourth-order valence-corrected chi connectivity index (χ4v) is 1.64. The van der Waals surface area contributed by atoms with Gasteiger partial charge in [0.05, 0.1) is 12.1 Å². The van der Waals surface area contributed by atoms with E-state index >= 15 is 0 Å². The van der Waals surface area contributed by atoms with Gasteiger partial charge in [-0.05, 0) is 24.3 Å². The van der Waals surface area contributed by atoms with Crippen molar-refractivity contribution in [2.24, 2.45) is 0 Å². The molecule has 0 atom stereocenters. The number of aromatic carboxylic acids is 1. The number of carbonyl (C=O) groups is 1. The van der Waals surface area contributed by atoms with Gasteiger partial charge in [0.15, 0.2) is 0 Å². The van der Waals surface area contributed by atoms with Crippen LogP contribution in [0.3, 0.4) is 0 Å². The maximum atomic E-state index is 12.2. The number of hydrogen-bond acceptors (Lipinski definition) is 1. The summed E-state index contributed by atoms with van der Waals surface area (Å²) in [6.07, 6.45) is -0.891. The normalized spacial score (nSPS) is 11.2. The second-order valence-corrected chi connectivity index (χ2v) is 3.44. The quantitative estimate of drug-likeness (QED) is 0.872. The van der Waals surface area contributed by atoms with Crippen LogP contribution in [0.4, 0.5) is 8.78 Å². The third-order valence-electron chi connectivity index (χ3n) is 2.35. The van der Waals surface area contributed by atoms with Gasteiger partial charge in [-0.25, -0.2) is 13.6 Å². The minimum absolute atomic E-state index is 0.155. The fraction of sp³-hybridized carbons (Fsp3) is 0.182. The molecule has 0 aliphatic carbocycles. The van der Waals surface area contributed by atoms with Crippen molar-refractivity contribution in [2.75, 3.05) is 0 Å². The van der Waals surface area contributed by atoms with Gasteiger partial charge < -0.3 is 9.67 Å². The van der Waals surface area contributed by atoms with Gasteiger partial charge in [-0.3, -0.25) is 0 Å². The van der Waals surface area contributed by atoms with Crippen molar-refractivity contribution in [1.82, 2.24) is 4.57 Å². The van der Waals surface area contributed by atoms with Crippen LogP contribution in [0.5, 0.6) is 0 Å². The van der Waals surface area contributed by atoms with Crippen LogP contribution < -0.4 is 0 Å². The number of alkyl halides is 2. The van der Waals surface area contributed by atoms with E-state index in [9.17, 15) is 13.6 Å². The molecule has 5 heteroatoms. The summed E-state index contributed by atoms with van der Waals surface area (Å²) in [5.74, 6) is -1.02. The van der Waals surface area contributed by atoms with E-state index in [2.05, 4.69) is 0 Å². The maximum absolute atomic E-state index is 12.2. The molecule has 0 radical (unpaired) electrons. The van der Waals surface area contributed by atoms with E-state index in [4.69, 9.17) is 5.11 Å². The minimum Gasteiger partial charge on any atom is -0.478 e. The summed E-state index contributed by atoms with van der Waals surface area (Å²) in [7, 11) is 0. The molecule has 0 aliphatic rings. The molecule has 2 rings (SSSR count). The third-order valence-corrected chi connectivity index (χ3v) is 2.35. The monoisotopic (exact) mass is 225 g/mol. The molecule has 0 saturated carbocycles. The smallest absolute Gasteiger partial charge is 0.335 e. The average Bonchev–Trinajstić information content (AvgIpc) is 2.60. The van der Waals surface area contributed by atoms with Gasteiger partial charge in [-0.2, -0.15) is 0 Å². The van der Waals surface area contributed by atoms with Gasteiger partial charge >= 0.3 is 5.97 Å². The van der Waals surface area contributed by atoms with Crippen molar-refractivity contribution < 1.29 is 18.7 Å². The first-order valence-corrected chi connectivity index (χ1v) is 4.68. The van der Waals surface area contributed by atoms with Crippen molar-refractivity contribution in [3.63, 3.8) is 0 Å². The molecule has 1 heterocycles. The highest BCUT2D eigenvalue weighted by Crippen LogP contribution is 2.18. The summed E-state index contributed by atoms with van der Waals surface area (Å²) in [4.78, 5) is 10.7. The molecular formula is C11H9F2NO2. The van der Waals surface area contributed by atoms with Crippen molar-refractivity contribution >= 4 is 16.9 Å². The summed E-state index contributed by atoms with van der Waals surface area (Å²) in [5.41, 5.74) is 0.771. The molecule has 0 amide bonds. The highest BCUT2D eigenvalue weighted by molar-refractivity contribution is 5.93. The zero-order chi connectivity index (χ0) is 11.7. The number of carboxylic acid groups (broad SMARTS) is 1. The Labute approximate surface area is 89.9 Å². The van der Waals surface area contributed by atoms with Gasteiger partial charge in [0.25, 0.3) is 6.43 Å². The lowest BCUT2D eigenvalue weighted by Crippen LogP contribution is -2.05. The molecule has 0 fully saturated rings. The number of carboxylic acids is 1. The second-order valence-electron chi connectivity index (χ2n) is 3.44. The summed E-state index contributed by atoms with van der Waals surface area (Å²) >= 11 is 0. The summed E-state index contributed by atoms with van der Waals surface area (Å²) < 4.78 is 25.8. The Bertz CT molecular complexity index is 534. The number of nitrogens with zero attached hydrogens (tertiary/aromatic N) is 1. The van der Waals surface area contributed by atoms with E-state index in [1.807, 2.05) is 0 Å². The van der Waals surface area contributed by atoms with E-state index in [0.717, 1.165) is 0 Å². The van der Waals surface area contributed by atoms with Crippen LogP contribution in [-0.2, 0) is 6.54 Å². The first-order chi connectivity index (χ1) is 7.58. The zero-order valence-electron chi connectivity index (χ0n) is 8.23. The molecular weight excluding hydrogens is 216 g/mol. The lowest BCUT2D eigenvalue weighted by Gasteiger charge is -2.04. The van der Waals surface area contributed by atoms with Crippen LogP contribution in [0.15, 0.2) is 30.5 Å². The Morgan fingerprint density at radius 3 is 2.75 bits per heavy atom. The Morgan fingerprint density at radius 2 is 2.12 bits per heavy atom. The second kappa shape index (κ2) is 3.92. The molecule has 3 nitrogen and oxygen atoms in total. The van der Waals surface area contributed by atoms with Gasteiger partial charge in [-0.1, -0.05) is 0 Å². The third kappa shape index (κ3) is 1.88. The van der Waals surface area contributed by atoms with Crippen molar-refractivity contribution in [3.05, 3.63) is 36.0 Å². The number of benzene rings is 1. The highest BCUT2D eigenvalue weighted by atomic mass is 19.3. The first kappa shape index (κ1) is 10.6. The largest absolute Gasteiger partial charge is 0.478 e. The molecule has 2 aromatic rings. The first-order valence-electron chi connectivity index (χ1n) is 4.68. The Hall–Kier alpha value is -1.91. The Morgan fingerprint density at radius 1 is 1.38 bits per heavy atom. The summed E-state index contributed by atoms with van der Waals surface area (Å²) in [5, 5.41) is 9.42. The Balaban J connectivity index is 2.46. The number of aromatic nitrogens is 1. The van der Waals surface area contributed by atoms with Crippen LogP contribution in [0.2, 0.25) is 0 Å². The van der Waals surface area contributed by atoms with Crippen molar-refractivity contribution in [2.45, 2.75) is 13.0 Å². The van der Waals surface area contributed by atoms with Crippen LogP contribution in [0.25, 0.3) is 10.9 Å². The SMILES string of the molecule is O=C(O)c1ccc2c(ccn2CC(F)F)c1. The number of hydrogen-bond donors (Lipinski definition) is 1. The van der Waals surface area contributed by atoms with Crippen LogP contribution in [-0.4, -0.2) is 22.1 Å². The standard InChI is InChI=1S/C11H9F2NO2/c12-10(13)6-14-4-3-7-5-8(11(15)16)1-2-9(7)14/h1-5,10H,6H2,(H,15,16). The lowest BCUT2D eigenvalue weighted by molar-refractivity contribution is 0.0697. The number of rotatable bonds is 3. The number of fused-ring (bicyclic) bond motifs is 1. The van der Waals surface area contributed by atoms with Crippen molar-refractivity contribution in [3.8, 4) is 0 Å². The van der Waals surface area contributed by atoms with Gasteiger partial charge in [-0.15, -0.1) is 0 Å². The van der Waals surface area contributed by atoms with Gasteiger partial charge in [0.2, 0.25) is 0 Å². The molecule has 84 valence electrons. The topological polar surface area (TPSA) is 42.2 Å². The molecule has 0 saturated heterocycles. The molecule has 0 aliphatic heterocycles. The van der Waals surface area contributed by atoms with Crippen LogP contribution in [0.1, 0.15) is 10.4 Å². The summed E-state index contributed by atoms with van der Waals surface area (Å²) in [6, 6.07) is 6.05. The molecule has 0 bridgehead atoms. The molecule has 16 heavy (non-hydrogen) atoms. The van der Waals surface area contributed by atoms with E-state index in [-0.39, 0.29) is 12.1 Å². The average molecular weight is 225 g/mol. The molecule has 0 unspecified atom stereocenters. The predicted octanol–water partition coefficient (Wildman–Crippen LogP) is 2.60. The van der Waals surface area contributed by atoms with E-state index in [1.165, 1.54) is 22.9 Å². The predicted molar refractivity (Wildman–Crippen MR) is 54.9 cm³/mol. The molecule has 1 N–H and O–H groups in total. The van der Waals surface area contributed by atoms with Crippen molar-refractivity contribution in [1.29, 1.82) is 0 Å². The number of halogens is 2. The minimum atomic E-state index is -2.42. The lowest BCUT2D eigenvalue weighted by atomic mass is 10.1. The summed E-state index contributed by atoms with van der Waals surface area (Å²) in [6.45, 7) is -0.379. The molecule has 1 aromatic heterocycles. The zero-order valence-corrected chi connectivity index (χ0v) is 8.23. The van der Waals surface area contributed by atoms with E-state index < -0.39 is 12.4 Å².